The van der Waals surface area contributed by atoms with Crippen molar-refractivity contribution in [1.29, 1.82) is 0 Å². The van der Waals surface area contributed by atoms with Gasteiger partial charge in [-0.05, 0) is 18.5 Å². The number of carbonyl (C=O) groups excluding carboxylic acids is 2. The van der Waals surface area contributed by atoms with Gasteiger partial charge in [0.05, 0.1) is 1.37 Å². The minimum Gasteiger partial charge on any atom is -0.462 e. The highest BCUT2D eigenvalue weighted by molar-refractivity contribution is 5.66. The lowest BCUT2D eigenvalue weighted by Gasteiger charge is -2.02. The molecule has 0 aromatic rings. The molecule has 0 N–H and O–H groups in total. The first-order valence-electron chi connectivity index (χ1n) is 5.60. The minimum atomic E-state index is -2.56. The fraction of sp³-hybridized carbons (Fsp3) is 0.556. The summed E-state index contributed by atoms with van der Waals surface area (Å²) in [5.74, 6) is -1.26. The Morgan fingerprint density at radius 1 is 1.38 bits per heavy atom. The molecule has 0 aromatic heterocycles. The summed E-state index contributed by atoms with van der Waals surface area (Å²) in [6, 6.07) is -0.388. The first-order valence-corrected chi connectivity index (χ1v) is 3.60. The third-order valence-electron chi connectivity index (χ3n) is 0.981. The predicted octanol–water partition coefficient (Wildman–Crippen LogP) is 1.06. The molecule has 0 atom stereocenters. The number of esters is 2. The van der Waals surface area contributed by atoms with E-state index in [0.717, 1.165) is 13.8 Å². The van der Waals surface area contributed by atoms with Crippen molar-refractivity contribution in [2.75, 3.05) is 13.2 Å². The summed E-state index contributed by atoms with van der Waals surface area (Å²) in [7, 11) is 0. The molecule has 0 bridgehead atoms. The second-order valence-electron chi connectivity index (χ2n) is 2.22. The summed E-state index contributed by atoms with van der Waals surface area (Å²) in [6.07, 6.45) is 0. The molecule has 0 amide bonds. The average Bonchev–Trinajstić information content (AvgIpc) is 2.12. The Morgan fingerprint density at radius 3 is 2.46 bits per heavy atom. The Labute approximate surface area is 83.1 Å². The van der Waals surface area contributed by atoms with Gasteiger partial charge in [0.2, 0.25) is 0 Å². The van der Waals surface area contributed by atoms with Crippen LogP contribution in [0.1, 0.15) is 26.2 Å². The van der Waals surface area contributed by atoms with Crippen molar-refractivity contribution in [2.45, 2.75) is 20.7 Å². The van der Waals surface area contributed by atoms with Gasteiger partial charge < -0.3 is 9.47 Å². The van der Waals surface area contributed by atoms with Crippen LogP contribution >= 0.6 is 0 Å². The van der Waals surface area contributed by atoms with Gasteiger partial charge in [-0.1, -0.05) is 0 Å². The summed E-state index contributed by atoms with van der Waals surface area (Å²) >= 11 is 0. The van der Waals surface area contributed by atoms with E-state index in [4.69, 9.17) is 5.48 Å². The molecule has 0 aliphatic heterocycles. The van der Waals surface area contributed by atoms with Crippen molar-refractivity contribution in [3.63, 3.8) is 0 Å². The van der Waals surface area contributed by atoms with Gasteiger partial charge >= 0.3 is 11.9 Å². The second kappa shape index (κ2) is 6.22. The fourth-order valence-electron chi connectivity index (χ4n) is 0.450. The van der Waals surface area contributed by atoms with Crippen LogP contribution in [0.4, 0.5) is 0 Å². The van der Waals surface area contributed by atoms with Gasteiger partial charge in [0.1, 0.15) is 13.2 Å². The highest BCUT2D eigenvalue weighted by Crippen LogP contribution is 1.94. The summed E-state index contributed by atoms with van der Waals surface area (Å²) < 4.78 is 38.0. The zero-order valence-corrected chi connectivity index (χ0v) is 7.55. The van der Waals surface area contributed by atoms with E-state index in [9.17, 15) is 9.59 Å². The van der Waals surface area contributed by atoms with Gasteiger partial charge in [-0.15, -0.1) is 0 Å². The quantitative estimate of drug-likeness (QED) is 0.491. The largest absolute Gasteiger partial charge is 0.462 e. The van der Waals surface area contributed by atoms with E-state index in [1.807, 2.05) is 0 Å². The molecule has 0 saturated carbocycles. The van der Waals surface area contributed by atoms with Gasteiger partial charge in [0, 0.05) is 18.0 Å². The Balaban J connectivity index is 4.81. The smallest absolute Gasteiger partial charge is 0.302 e. The molecule has 0 saturated heterocycles. The molecule has 0 fully saturated rings. The van der Waals surface area contributed by atoms with Crippen LogP contribution in [0, 0.1) is 0 Å². The van der Waals surface area contributed by atoms with Crippen molar-refractivity contribution < 1.29 is 24.5 Å². The third-order valence-corrected chi connectivity index (χ3v) is 0.981. The predicted molar refractivity (Wildman–Crippen MR) is 47.0 cm³/mol. The van der Waals surface area contributed by atoms with Crippen LogP contribution < -0.4 is 0 Å². The molecule has 0 spiro atoms. The summed E-state index contributed by atoms with van der Waals surface area (Å²) in [6.45, 7) is -1.25. The summed E-state index contributed by atoms with van der Waals surface area (Å²) in [5.41, 5.74) is -0.353. The number of hydrogen-bond acceptors (Lipinski definition) is 4. The summed E-state index contributed by atoms with van der Waals surface area (Å²) in [4.78, 5) is 21.1. The molecule has 74 valence electrons. The highest BCUT2D eigenvalue weighted by atomic mass is 16.5. The molecule has 4 nitrogen and oxygen atoms in total. The fourth-order valence-corrected chi connectivity index (χ4v) is 0.450. The maximum absolute atomic E-state index is 10.6. The molecule has 0 rings (SSSR count). The lowest BCUT2D eigenvalue weighted by atomic mass is 10.3. The van der Waals surface area contributed by atoms with E-state index < -0.39 is 32.0 Å². The zero-order valence-electron chi connectivity index (χ0n) is 11.5. The number of hydrogen-bond donors (Lipinski definition) is 0. The van der Waals surface area contributed by atoms with Crippen molar-refractivity contribution >= 4 is 11.9 Å². The SMILES string of the molecule is [2H]/C(COC(C)=O)=C(/COC(C)=O)C([2H])([2H])[2H]. The van der Waals surface area contributed by atoms with Crippen LogP contribution in [-0.2, 0) is 19.1 Å². The van der Waals surface area contributed by atoms with Crippen LogP contribution in [0.5, 0.6) is 0 Å². The topological polar surface area (TPSA) is 52.6 Å². The number of rotatable bonds is 4. The van der Waals surface area contributed by atoms with Crippen LogP contribution in [-0.4, -0.2) is 25.2 Å². The second-order valence-corrected chi connectivity index (χ2v) is 2.22. The van der Waals surface area contributed by atoms with Gasteiger partial charge in [-0.25, -0.2) is 0 Å². The van der Waals surface area contributed by atoms with E-state index in [2.05, 4.69) is 9.47 Å². The van der Waals surface area contributed by atoms with E-state index in [1.165, 1.54) is 0 Å². The first kappa shape index (κ1) is 6.18. The lowest BCUT2D eigenvalue weighted by molar-refractivity contribution is -0.141. The van der Waals surface area contributed by atoms with Crippen molar-refractivity contribution in [1.82, 2.24) is 0 Å². The first-order chi connectivity index (χ1) is 7.64. The van der Waals surface area contributed by atoms with Crippen molar-refractivity contribution in [3.05, 3.63) is 11.6 Å². The maximum Gasteiger partial charge on any atom is 0.302 e. The molecular weight excluding hydrogens is 172 g/mol. The Bertz CT molecular complexity index is 332. The molecule has 0 heterocycles. The van der Waals surface area contributed by atoms with Crippen molar-refractivity contribution in [3.8, 4) is 0 Å². The van der Waals surface area contributed by atoms with Crippen LogP contribution in [0.25, 0.3) is 0 Å². The monoisotopic (exact) mass is 190 g/mol. The van der Waals surface area contributed by atoms with E-state index in [0.29, 0.717) is 0 Å². The van der Waals surface area contributed by atoms with Gasteiger partial charge in [-0.2, -0.15) is 0 Å². The molecule has 0 aliphatic rings. The van der Waals surface area contributed by atoms with Gasteiger partial charge in [0.15, 0.2) is 0 Å². The minimum absolute atomic E-state index is 0.353. The van der Waals surface area contributed by atoms with Crippen molar-refractivity contribution in [2.24, 2.45) is 0 Å². The van der Waals surface area contributed by atoms with Crippen LogP contribution in [0.15, 0.2) is 11.6 Å². The van der Waals surface area contributed by atoms with Crippen LogP contribution in [0.3, 0.4) is 0 Å². The molecule has 13 heavy (non-hydrogen) atoms. The van der Waals surface area contributed by atoms with E-state index >= 15 is 0 Å². The lowest BCUT2D eigenvalue weighted by Crippen LogP contribution is -2.03. The number of ether oxygens (including phenoxy) is 2. The molecule has 4 heteroatoms. The molecular formula is C9H14O4. The van der Waals surface area contributed by atoms with Crippen LogP contribution in [0.2, 0.25) is 0 Å². The van der Waals surface area contributed by atoms with Gasteiger partial charge in [-0.3, -0.25) is 9.59 Å². The maximum atomic E-state index is 10.6. The Kier molecular flexibility index (Phi) is 2.96. The molecule has 0 aromatic carbocycles. The van der Waals surface area contributed by atoms with E-state index in [1.54, 1.807) is 0 Å². The molecule has 0 unspecified atom stereocenters. The Hall–Kier alpha value is -1.32. The molecule has 0 radical (unpaired) electrons. The average molecular weight is 190 g/mol. The molecule has 0 aliphatic carbocycles. The van der Waals surface area contributed by atoms with Gasteiger partial charge in [0.25, 0.3) is 0 Å². The summed E-state index contributed by atoms with van der Waals surface area (Å²) in [5, 5.41) is 0. The highest BCUT2D eigenvalue weighted by Gasteiger charge is 1.94. The normalized spacial score (nSPS) is 17.1. The standard InChI is InChI=1S/C9H14O4/c1-7(6-13-9(3)11)4-5-12-8(2)10/h4H,5-6H2,1-3H3/b7-4-/i1D3,4D. The Morgan fingerprint density at radius 2 is 2.00 bits per heavy atom. The third kappa shape index (κ3) is 8.59. The van der Waals surface area contributed by atoms with E-state index in [-0.39, 0.29) is 11.6 Å². The zero-order chi connectivity index (χ0) is 13.6. The number of carbonyl (C=O) groups is 2.